The molecule has 2 aromatic carbocycles. The summed E-state index contributed by atoms with van der Waals surface area (Å²) in [6.45, 7) is 2.12. The van der Waals surface area contributed by atoms with Crippen molar-refractivity contribution in [2.24, 2.45) is 0 Å². The van der Waals surface area contributed by atoms with Gasteiger partial charge < -0.3 is 5.32 Å². The first kappa shape index (κ1) is 23.0. The normalized spacial score (nSPS) is 11.5. The topological polar surface area (TPSA) is 59.8 Å². The van der Waals surface area contributed by atoms with Crippen molar-refractivity contribution in [1.82, 2.24) is 20.1 Å². The van der Waals surface area contributed by atoms with Crippen LogP contribution in [0.4, 0.5) is 13.2 Å². The predicted molar refractivity (Wildman–Crippen MR) is 122 cm³/mol. The summed E-state index contributed by atoms with van der Waals surface area (Å²) in [5.41, 5.74) is 1.31. The highest BCUT2D eigenvalue weighted by Crippen LogP contribution is 2.34. The summed E-state index contributed by atoms with van der Waals surface area (Å²) >= 11 is 7.38. The first-order valence-electron chi connectivity index (χ1n) is 9.93. The Labute approximate surface area is 196 Å². The highest BCUT2D eigenvalue weighted by molar-refractivity contribution is 7.09. The van der Waals surface area contributed by atoms with Gasteiger partial charge in [-0.25, -0.2) is 9.67 Å². The number of amides is 1. The Morgan fingerprint density at radius 3 is 2.42 bits per heavy atom. The van der Waals surface area contributed by atoms with Gasteiger partial charge in [-0.05, 0) is 43.2 Å². The van der Waals surface area contributed by atoms with E-state index in [1.165, 1.54) is 24.3 Å². The predicted octanol–water partition coefficient (Wildman–Crippen LogP) is 5.95. The Balaban J connectivity index is 1.45. The quantitative estimate of drug-likeness (QED) is 0.363. The van der Waals surface area contributed by atoms with E-state index in [1.54, 1.807) is 11.3 Å². The number of benzene rings is 2. The maximum atomic E-state index is 13.8. The Morgan fingerprint density at radius 2 is 1.82 bits per heavy atom. The van der Waals surface area contributed by atoms with Crippen LogP contribution in [0.15, 0.2) is 60.1 Å². The van der Waals surface area contributed by atoms with E-state index in [2.05, 4.69) is 15.4 Å². The van der Waals surface area contributed by atoms with E-state index in [4.69, 9.17) is 11.6 Å². The van der Waals surface area contributed by atoms with Crippen molar-refractivity contribution in [3.8, 4) is 16.9 Å². The molecular weight excluding hydrogens is 473 g/mol. The minimum absolute atomic E-state index is 0.154. The second-order valence-corrected chi connectivity index (χ2v) is 8.75. The van der Waals surface area contributed by atoms with Gasteiger partial charge in [0.25, 0.3) is 5.91 Å². The third-order valence-electron chi connectivity index (χ3n) is 4.92. The number of nitrogens with zero attached hydrogens (tertiary/aromatic N) is 3. The summed E-state index contributed by atoms with van der Waals surface area (Å²) in [5, 5.41) is 9.70. The number of aromatic nitrogens is 3. The van der Waals surface area contributed by atoms with Gasteiger partial charge >= 0.3 is 6.18 Å². The zero-order valence-corrected chi connectivity index (χ0v) is 18.9. The number of carbonyl (C=O) groups excluding carboxylic acids is 1. The van der Waals surface area contributed by atoms with Gasteiger partial charge in [-0.3, -0.25) is 4.79 Å². The van der Waals surface area contributed by atoms with Crippen molar-refractivity contribution in [1.29, 1.82) is 0 Å². The van der Waals surface area contributed by atoms with Crippen LogP contribution < -0.4 is 5.32 Å². The molecule has 1 N–H and O–H groups in total. The van der Waals surface area contributed by atoms with E-state index < -0.39 is 23.3 Å². The Morgan fingerprint density at radius 1 is 1.12 bits per heavy atom. The SMILES string of the molecule is Cc1nc(-c2ccc(CCNC(=O)c3cnn(-c4ccc(Cl)cc4)c3C(F)(F)F)cc2)cs1. The van der Waals surface area contributed by atoms with Gasteiger partial charge in [-0.1, -0.05) is 35.9 Å². The molecule has 170 valence electrons. The molecule has 10 heteroatoms. The first-order valence-corrected chi connectivity index (χ1v) is 11.2. The third kappa shape index (κ3) is 5.26. The van der Waals surface area contributed by atoms with Crippen LogP contribution in [-0.2, 0) is 12.6 Å². The monoisotopic (exact) mass is 490 g/mol. The third-order valence-corrected chi connectivity index (χ3v) is 5.95. The molecule has 0 radical (unpaired) electrons. The van der Waals surface area contributed by atoms with E-state index in [1.807, 2.05) is 36.6 Å². The van der Waals surface area contributed by atoms with Crippen LogP contribution in [0, 0.1) is 6.92 Å². The maximum absolute atomic E-state index is 13.8. The molecule has 0 atom stereocenters. The van der Waals surface area contributed by atoms with E-state index in [0.29, 0.717) is 16.1 Å². The van der Waals surface area contributed by atoms with Crippen LogP contribution in [0.2, 0.25) is 5.02 Å². The first-order chi connectivity index (χ1) is 15.7. The molecule has 0 saturated heterocycles. The number of hydrogen-bond acceptors (Lipinski definition) is 4. The standard InChI is InChI=1S/C23H18ClF3N4OS/c1-14-30-20(13-33-14)16-4-2-15(3-5-16)10-11-28-22(32)19-12-29-31(21(19)23(25,26)27)18-8-6-17(24)7-9-18/h2-9,12-13H,10-11H2,1H3,(H,28,32). The summed E-state index contributed by atoms with van der Waals surface area (Å²) in [5.74, 6) is -0.836. The lowest BCUT2D eigenvalue weighted by molar-refractivity contribution is -0.143. The van der Waals surface area contributed by atoms with Crippen molar-refractivity contribution in [3.05, 3.63) is 87.0 Å². The van der Waals surface area contributed by atoms with Crippen molar-refractivity contribution >= 4 is 28.8 Å². The number of hydrogen-bond donors (Lipinski definition) is 1. The molecule has 0 bridgehead atoms. The fraction of sp³-hybridized carbons (Fsp3) is 0.174. The Kier molecular flexibility index (Phi) is 6.53. The van der Waals surface area contributed by atoms with Crippen LogP contribution in [0.1, 0.15) is 26.6 Å². The molecule has 0 aliphatic rings. The lowest BCUT2D eigenvalue weighted by atomic mass is 10.1. The molecule has 0 aliphatic carbocycles. The molecule has 2 heterocycles. The van der Waals surface area contributed by atoms with Crippen molar-refractivity contribution < 1.29 is 18.0 Å². The molecule has 1 amide bonds. The van der Waals surface area contributed by atoms with E-state index in [9.17, 15) is 18.0 Å². The minimum atomic E-state index is -4.77. The van der Waals surface area contributed by atoms with Gasteiger partial charge in [0, 0.05) is 22.5 Å². The number of rotatable bonds is 6. The highest BCUT2D eigenvalue weighted by atomic mass is 35.5. The lowest BCUT2D eigenvalue weighted by Gasteiger charge is -2.13. The zero-order valence-electron chi connectivity index (χ0n) is 17.4. The van der Waals surface area contributed by atoms with Gasteiger partial charge in [0.2, 0.25) is 0 Å². The average Bonchev–Trinajstić information content (AvgIpc) is 3.41. The number of nitrogens with one attached hydrogen (secondary N) is 1. The summed E-state index contributed by atoms with van der Waals surface area (Å²) in [7, 11) is 0. The molecule has 5 nitrogen and oxygen atoms in total. The summed E-state index contributed by atoms with van der Waals surface area (Å²) in [6.07, 6.45) is -3.38. The maximum Gasteiger partial charge on any atom is 0.434 e. The van der Waals surface area contributed by atoms with Gasteiger partial charge in [-0.2, -0.15) is 18.3 Å². The second-order valence-electron chi connectivity index (χ2n) is 7.25. The Hall–Kier alpha value is -3.17. The van der Waals surface area contributed by atoms with E-state index in [-0.39, 0.29) is 12.2 Å². The molecule has 0 saturated carbocycles. The van der Waals surface area contributed by atoms with Crippen molar-refractivity contribution in [2.75, 3.05) is 6.54 Å². The molecule has 0 spiro atoms. The van der Waals surface area contributed by atoms with Crippen LogP contribution in [0.3, 0.4) is 0 Å². The lowest BCUT2D eigenvalue weighted by Crippen LogP contribution is -2.28. The van der Waals surface area contributed by atoms with E-state index >= 15 is 0 Å². The summed E-state index contributed by atoms with van der Waals surface area (Å²) in [6, 6.07) is 13.4. The highest BCUT2D eigenvalue weighted by Gasteiger charge is 2.40. The number of halogens is 4. The van der Waals surface area contributed by atoms with Crippen LogP contribution in [0.5, 0.6) is 0 Å². The van der Waals surface area contributed by atoms with Crippen LogP contribution >= 0.6 is 22.9 Å². The van der Waals surface area contributed by atoms with Crippen molar-refractivity contribution in [3.63, 3.8) is 0 Å². The second kappa shape index (κ2) is 9.36. The fourth-order valence-electron chi connectivity index (χ4n) is 3.32. The largest absolute Gasteiger partial charge is 0.434 e. The van der Waals surface area contributed by atoms with Gasteiger partial charge in [0.15, 0.2) is 5.69 Å². The number of thiazole rings is 1. The van der Waals surface area contributed by atoms with E-state index in [0.717, 1.165) is 28.0 Å². The molecule has 0 fully saturated rings. The summed E-state index contributed by atoms with van der Waals surface area (Å²) in [4.78, 5) is 17.0. The van der Waals surface area contributed by atoms with Crippen LogP contribution in [0.25, 0.3) is 16.9 Å². The molecule has 4 rings (SSSR count). The van der Waals surface area contributed by atoms with Crippen molar-refractivity contribution in [2.45, 2.75) is 19.5 Å². The Bertz CT molecular complexity index is 1260. The smallest absolute Gasteiger partial charge is 0.352 e. The average molecular weight is 491 g/mol. The van der Waals surface area contributed by atoms with Crippen LogP contribution in [-0.4, -0.2) is 27.2 Å². The molecule has 33 heavy (non-hydrogen) atoms. The number of carbonyl (C=O) groups is 1. The molecule has 0 unspecified atom stereocenters. The summed E-state index contributed by atoms with van der Waals surface area (Å²) < 4.78 is 42.0. The molecule has 2 aromatic heterocycles. The van der Waals surface area contributed by atoms with Gasteiger partial charge in [0.05, 0.1) is 28.1 Å². The molecular formula is C23H18ClF3N4OS. The molecule has 0 aliphatic heterocycles. The zero-order chi connectivity index (χ0) is 23.6. The number of aryl methyl sites for hydroxylation is 1. The van der Waals surface area contributed by atoms with Gasteiger partial charge in [-0.15, -0.1) is 11.3 Å². The van der Waals surface area contributed by atoms with Gasteiger partial charge in [0.1, 0.15) is 0 Å². The minimum Gasteiger partial charge on any atom is -0.352 e. The number of alkyl halides is 3. The fourth-order valence-corrected chi connectivity index (χ4v) is 4.07. The molecule has 4 aromatic rings.